The van der Waals surface area contributed by atoms with Gasteiger partial charge in [-0.05, 0) is 25.8 Å². The van der Waals surface area contributed by atoms with E-state index in [1.165, 1.54) is 0 Å². The molecule has 0 amide bonds. The summed E-state index contributed by atoms with van der Waals surface area (Å²) in [5, 5.41) is 18.6. The summed E-state index contributed by atoms with van der Waals surface area (Å²) >= 11 is 0. The van der Waals surface area contributed by atoms with Gasteiger partial charge in [-0.2, -0.15) is 0 Å². The predicted octanol–water partition coefficient (Wildman–Crippen LogP) is -0.0154. The van der Waals surface area contributed by atoms with E-state index < -0.39 is 0 Å². The van der Waals surface area contributed by atoms with Crippen LogP contribution in [0.3, 0.4) is 0 Å². The van der Waals surface area contributed by atoms with Crippen molar-refractivity contribution in [2.75, 3.05) is 32.8 Å². The molecule has 2 aliphatic rings. The second-order valence-corrected chi connectivity index (χ2v) is 4.78. The topological polar surface area (TPSA) is 52.9 Å². The Hall–Kier alpha value is -0.160. The molecular formula is C11H21NO3. The van der Waals surface area contributed by atoms with Gasteiger partial charge in [0.1, 0.15) is 0 Å². The molecule has 2 fully saturated rings. The van der Waals surface area contributed by atoms with Crippen LogP contribution in [0.25, 0.3) is 0 Å². The fraction of sp³-hybridized carbons (Fsp3) is 1.00. The van der Waals surface area contributed by atoms with E-state index in [2.05, 4.69) is 4.90 Å². The van der Waals surface area contributed by atoms with Crippen LogP contribution in [0.1, 0.15) is 25.7 Å². The molecule has 2 atom stereocenters. The molecule has 1 spiro atoms. The van der Waals surface area contributed by atoms with Crippen LogP contribution in [0.15, 0.2) is 0 Å². The molecule has 2 saturated heterocycles. The standard InChI is InChI=1S/C11H21NO3/c13-6-5-12-4-1-3-11(9-12)8-10(14)2-7-15-11/h10,13-14H,1-9H2/t10-,11+/m0/s1. The van der Waals surface area contributed by atoms with Crippen LogP contribution < -0.4 is 0 Å². The molecule has 88 valence electrons. The number of nitrogens with zero attached hydrogens (tertiary/aromatic N) is 1. The number of rotatable bonds is 2. The first-order valence-electron chi connectivity index (χ1n) is 5.89. The van der Waals surface area contributed by atoms with Crippen molar-refractivity contribution >= 4 is 0 Å². The Kier molecular flexibility index (Phi) is 3.61. The van der Waals surface area contributed by atoms with Crippen molar-refractivity contribution in [1.29, 1.82) is 0 Å². The van der Waals surface area contributed by atoms with E-state index in [4.69, 9.17) is 9.84 Å². The molecule has 0 aromatic rings. The normalized spacial score (nSPS) is 38.4. The Morgan fingerprint density at radius 2 is 2.33 bits per heavy atom. The lowest BCUT2D eigenvalue weighted by Gasteiger charge is -2.46. The van der Waals surface area contributed by atoms with Crippen molar-refractivity contribution in [3.8, 4) is 0 Å². The Morgan fingerprint density at radius 1 is 1.47 bits per heavy atom. The lowest BCUT2D eigenvalue weighted by molar-refractivity contribution is -0.147. The first-order valence-corrected chi connectivity index (χ1v) is 5.89. The van der Waals surface area contributed by atoms with E-state index >= 15 is 0 Å². The minimum absolute atomic E-state index is 0.134. The number of likely N-dealkylation sites (tertiary alicyclic amines) is 1. The summed E-state index contributed by atoms with van der Waals surface area (Å²) in [4.78, 5) is 2.24. The van der Waals surface area contributed by atoms with Crippen molar-refractivity contribution in [3.63, 3.8) is 0 Å². The number of aliphatic hydroxyl groups excluding tert-OH is 2. The quantitative estimate of drug-likeness (QED) is 0.680. The van der Waals surface area contributed by atoms with Gasteiger partial charge in [0.15, 0.2) is 0 Å². The first kappa shape index (κ1) is 11.3. The number of aliphatic hydroxyl groups is 2. The molecule has 0 bridgehead atoms. The Labute approximate surface area is 90.8 Å². The Balaban J connectivity index is 1.94. The SMILES string of the molecule is OCCN1CCC[C@@]2(C[C@@H](O)CCO2)C1. The summed E-state index contributed by atoms with van der Waals surface area (Å²) in [5.74, 6) is 0. The molecule has 2 heterocycles. The highest BCUT2D eigenvalue weighted by atomic mass is 16.5. The first-order chi connectivity index (χ1) is 7.24. The van der Waals surface area contributed by atoms with Crippen molar-refractivity contribution in [2.45, 2.75) is 37.4 Å². The fourth-order valence-corrected chi connectivity index (χ4v) is 2.81. The number of β-amino-alcohol motifs (C(OH)–C–C–N with tert-alkyl or cyclic N) is 1. The zero-order valence-electron chi connectivity index (χ0n) is 9.19. The van der Waals surface area contributed by atoms with E-state index in [1.807, 2.05) is 0 Å². The van der Waals surface area contributed by atoms with E-state index in [-0.39, 0.29) is 18.3 Å². The summed E-state index contributed by atoms with van der Waals surface area (Å²) in [6.07, 6.45) is 3.47. The minimum Gasteiger partial charge on any atom is -0.395 e. The predicted molar refractivity (Wildman–Crippen MR) is 56.7 cm³/mol. The van der Waals surface area contributed by atoms with E-state index in [9.17, 15) is 5.11 Å². The summed E-state index contributed by atoms with van der Waals surface area (Å²) in [6.45, 7) is 3.51. The zero-order valence-corrected chi connectivity index (χ0v) is 9.19. The summed E-state index contributed by atoms with van der Waals surface area (Å²) in [5.41, 5.74) is -0.134. The van der Waals surface area contributed by atoms with Crippen LogP contribution in [0.5, 0.6) is 0 Å². The molecule has 4 heteroatoms. The van der Waals surface area contributed by atoms with Crippen LogP contribution in [0, 0.1) is 0 Å². The zero-order chi connectivity index (χ0) is 10.7. The second kappa shape index (κ2) is 4.78. The van der Waals surface area contributed by atoms with Gasteiger partial charge in [0.05, 0.1) is 18.3 Å². The largest absolute Gasteiger partial charge is 0.395 e. The maximum absolute atomic E-state index is 9.69. The van der Waals surface area contributed by atoms with Gasteiger partial charge in [-0.15, -0.1) is 0 Å². The highest BCUT2D eigenvalue weighted by Crippen LogP contribution is 2.33. The molecule has 2 rings (SSSR count). The molecule has 0 radical (unpaired) electrons. The molecular weight excluding hydrogens is 194 g/mol. The van der Waals surface area contributed by atoms with Crippen molar-refractivity contribution in [3.05, 3.63) is 0 Å². The van der Waals surface area contributed by atoms with Crippen molar-refractivity contribution < 1.29 is 14.9 Å². The molecule has 2 N–H and O–H groups in total. The van der Waals surface area contributed by atoms with Crippen molar-refractivity contribution in [1.82, 2.24) is 4.90 Å². The van der Waals surface area contributed by atoms with E-state index in [0.29, 0.717) is 6.61 Å². The molecule has 2 aliphatic heterocycles. The maximum Gasteiger partial charge on any atom is 0.0833 e. The monoisotopic (exact) mass is 215 g/mol. The molecule has 0 unspecified atom stereocenters. The minimum atomic E-state index is -0.201. The molecule has 4 nitrogen and oxygen atoms in total. The van der Waals surface area contributed by atoms with Gasteiger partial charge in [0.2, 0.25) is 0 Å². The van der Waals surface area contributed by atoms with Crippen LogP contribution in [0.4, 0.5) is 0 Å². The van der Waals surface area contributed by atoms with Gasteiger partial charge < -0.3 is 14.9 Å². The van der Waals surface area contributed by atoms with Crippen LogP contribution in [0.2, 0.25) is 0 Å². The number of hydrogen-bond acceptors (Lipinski definition) is 4. The average molecular weight is 215 g/mol. The maximum atomic E-state index is 9.69. The molecule has 0 aliphatic carbocycles. The smallest absolute Gasteiger partial charge is 0.0833 e. The van der Waals surface area contributed by atoms with Crippen LogP contribution in [-0.4, -0.2) is 59.7 Å². The molecule has 0 aromatic heterocycles. The summed E-state index contributed by atoms with van der Waals surface area (Å²) < 4.78 is 5.87. The summed E-state index contributed by atoms with van der Waals surface area (Å²) in [7, 11) is 0. The molecule has 0 saturated carbocycles. The lowest BCUT2D eigenvalue weighted by Crippen LogP contribution is -2.54. The summed E-state index contributed by atoms with van der Waals surface area (Å²) in [6, 6.07) is 0. The highest BCUT2D eigenvalue weighted by Gasteiger charge is 2.40. The lowest BCUT2D eigenvalue weighted by atomic mass is 9.84. The van der Waals surface area contributed by atoms with E-state index in [1.54, 1.807) is 0 Å². The fourth-order valence-electron chi connectivity index (χ4n) is 2.81. The van der Waals surface area contributed by atoms with Crippen LogP contribution >= 0.6 is 0 Å². The number of ether oxygens (including phenoxy) is 1. The third kappa shape index (κ3) is 2.69. The van der Waals surface area contributed by atoms with Gasteiger partial charge in [-0.1, -0.05) is 0 Å². The van der Waals surface area contributed by atoms with Crippen molar-refractivity contribution in [2.24, 2.45) is 0 Å². The third-order valence-electron chi connectivity index (χ3n) is 3.50. The third-order valence-corrected chi connectivity index (χ3v) is 3.50. The Bertz CT molecular complexity index is 206. The Morgan fingerprint density at radius 3 is 3.07 bits per heavy atom. The average Bonchev–Trinajstić information content (AvgIpc) is 2.17. The molecule has 0 aromatic carbocycles. The number of hydrogen-bond donors (Lipinski definition) is 2. The highest BCUT2D eigenvalue weighted by molar-refractivity contribution is 4.93. The molecule has 15 heavy (non-hydrogen) atoms. The van der Waals surface area contributed by atoms with Gasteiger partial charge in [0.25, 0.3) is 0 Å². The van der Waals surface area contributed by atoms with Gasteiger partial charge >= 0.3 is 0 Å². The number of piperidine rings is 1. The second-order valence-electron chi connectivity index (χ2n) is 4.78. The van der Waals surface area contributed by atoms with E-state index in [0.717, 1.165) is 45.3 Å². The van der Waals surface area contributed by atoms with Gasteiger partial charge in [-0.25, -0.2) is 0 Å². The van der Waals surface area contributed by atoms with Gasteiger partial charge in [-0.3, -0.25) is 4.90 Å². The van der Waals surface area contributed by atoms with Crippen LogP contribution in [-0.2, 0) is 4.74 Å². The van der Waals surface area contributed by atoms with Gasteiger partial charge in [0, 0.05) is 26.1 Å².